The smallest absolute Gasteiger partial charge is 0.279 e. The van der Waals surface area contributed by atoms with Crippen LogP contribution in [0.4, 0.5) is 0 Å². The second-order valence-corrected chi connectivity index (χ2v) is 5.71. The van der Waals surface area contributed by atoms with Crippen LogP contribution < -0.4 is 10.9 Å². The minimum absolute atomic E-state index is 0.171. The second-order valence-electron chi connectivity index (χ2n) is 5.71. The number of carbonyl (C=O) groups excluding carboxylic acids is 1. The summed E-state index contributed by atoms with van der Waals surface area (Å²) >= 11 is 0. The molecule has 1 fully saturated rings. The number of nitrogens with one attached hydrogen (secondary N) is 1. The number of piperazine rings is 1. The summed E-state index contributed by atoms with van der Waals surface area (Å²) in [6.45, 7) is 9.41. The van der Waals surface area contributed by atoms with Crippen LogP contribution in [0.15, 0.2) is 10.9 Å². The molecule has 0 bridgehead atoms. The molecule has 0 saturated carbocycles. The minimum atomic E-state index is -0.273. The van der Waals surface area contributed by atoms with Gasteiger partial charge in [0.1, 0.15) is 5.56 Å². The Labute approximate surface area is 125 Å². The first-order valence-electron chi connectivity index (χ1n) is 7.66. The molecule has 1 aromatic rings. The Kier molecular flexibility index (Phi) is 5.12. The van der Waals surface area contributed by atoms with Crippen LogP contribution in [0.5, 0.6) is 0 Å². The highest BCUT2D eigenvalue weighted by Gasteiger charge is 2.23. The maximum Gasteiger partial charge on any atom is 0.279 e. The molecule has 1 amide bonds. The van der Waals surface area contributed by atoms with E-state index in [2.05, 4.69) is 10.4 Å². The van der Waals surface area contributed by atoms with Gasteiger partial charge >= 0.3 is 0 Å². The average molecular weight is 292 g/mol. The summed E-state index contributed by atoms with van der Waals surface area (Å²) in [4.78, 5) is 26.8. The van der Waals surface area contributed by atoms with Gasteiger partial charge in [-0.25, -0.2) is 4.68 Å². The lowest BCUT2D eigenvalue weighted by Crippen LogP contribution is -2.48. The van der Waals surface area contributed by atoms with E-state index in [9.17, 15) is 9.59 Å². The predicted octanol–water partition coefficient (Wildman–Crippen LogP) is 0.822. The first kappa shape index (κ1) is 15.7. The quantitative estimate of drug-likeness (QED) is 0.892. The van der Waals surface area contributed by atoms with Crippen LogP contribution >= 0.6 is 0 Å². The lowest BCUT2D eigenvalue weighted by molar-refractivity contribution is 0.0732. The fourth-order valence-electron chi connectivity index (χ4n) is 2.40. The van der Waals surface area contributed by atoms with Crippen molar-refractivity contribution < 1.29 is 4.79 Å². The average Bonchev–Trinajstić information content (AvgIpc) is 2.49. The van der Waals surface area contributed by atoms with Crippen molar-refractivity contribution in [2.24, 2.45) is 0 Å². The fraction of sp³-hybridized carbons (Fsp3) is 0.667. The Balaban J connectivity index is 2.40. The molecular weight excluding hydrogens is 268 g/mol. The summed E-state index contributed by atoms with van der Waals surface area (Å²) in [5.74, 6) is 0.0129. The highest BCUT2D eigenvalue weighted by atomic mass is 16.2. The third-order valence-electron chi connectivity index (χ3n) is 3.65. The molecule has 0 aromatic carbocycles. The molecule has 116 valence electrons. The van der Waals surface area contributed by atoms with Gasteiger partial charge in [-0.2, -0.15) is 5.10 Å². The number of aromatic nitrogens is 2. The summed E-state index contributed by atoms with van der Waals surface area (Å²) in [6.07, 6.45) is 0.815. The number of nitrogens with zero attached hydrogens (tertiary/aromatic N) is 3. The van der Waals surface area contributed by atoms with Crippen molar-refractivity contribution in [2.75, 3.05) is 26.2 Å². The molecule has 0 spiro atoms. The van der Waals surface area contributed by atoms with Gasteiger partial charge in [-0.1, -0.05) is 20.8 Å². The van der Waals surface area contributed by atoms with Crippen molar-refractivity contribution in [1.29, 1.82) is 0 Å². The van der Waals surface area contributed by atoms with Gasteiger partial charge in [0.25, 0.3) is 11.5 Å². The molecule has 6 nitrogen and oxygen atoms in total. The molecule has 6 heteroatoms. The van der Waals surface area contributed by atoms with Crippen LogP contribution in [0.2, 0.25) is 0 Å². The number of amides is 1. The SMILES string of the molecule is CCCn1nc(C(C)C)cc(C(=O)N2CCNCC2)c1=O. The first-order valence-corrected chi connectivity index (χ1v) is 7.66. The van der Waals surface area contributed by atoms with Crippen molar-refractivity contribution in [2.45, 2.75) is 39.7 Å². The van der Waals surface area contributed by atoms with Gasteiger partial charge in [-0.05, 0) is 18.4 Å². The van der Waals surface area contributed by atoms with E-state index < -0.39 is 0 Å². The van der Waals surface area contributed by atoms with Crippen LogP contribution in [0.3, 0.4) is 0 Å². The topological polar surface area (TPSA) is 67.2 Å². The second kappa shape index (κ2) is 6.85. The van der Waals surface area contributed by atoms with E-state index in [0.29, 0.717) is 19.6 Å². The van der Waals surface area contributed by atoms with Crippen LogP contribution in [0.25, 0.3) is 0 Å². The Morgan fingerprint density at radius 1 is 1.38 bits per heavy atom. The summed E-state index contributed by atoms with van der Waals surface area (Å²) in [5.41, 5.74) is 0.773. The standard InChI is InChI=1S/C15H24N4O2/c1-4-7-19-15(21)12(10-13(17-19)11(2)3)14(20)18-8-5-16-6-9-18/h10-11,16H,4-9H2,1-3H3. The third kappa shape index (κ3) is 3.50. The minimum Gasteiger partial charge on any atom is -0.336 e. The van der Waals surface area contributed by atoms with Gasteiger partial charge in [-0.15, -0.1) is 0 Å². The van der Waals surface area contributed by atoms with Gasteiger partial charge in [0.15, 0.2) is 0 Å². The van der Waals surface area contributed by atoms with Gasteiger partial charge in [-0.3, -0.25) is 9.59 Å². The lowest BCUT2D eigenvalue weighted by atomic mass is 10.1. The van der Waals surface area contributed by atoms with E-state index in [1.54, 1.807) is 11.0 Å². The molecular formula is C15H24N4O2. The van der Waals surface area contributed by atoms with E-state index in [0.717, 1.165) is 25.2 Å². The summed E-state index contributed by atoms with van der Waals surface area (Å²) in [6, 6.07) is 1.67. The molecule has 1 aliphatic heterocycles. The van der Waals surface area contributed by atoms with Gasteiger partial charge in [0, 0.05) is 32.7 Å². The van der Waals surface area contributed by atoms with E-state index in [-0.39, 0.29) is 22.9 Å². The summed E-state index contributed by atoms with van der Waals surface area (Å²) in [7, 11) is 0. The number of carbonyl (C=O) groups is 1. The zero-order valence-electron chi connectivity index (χ0n) is 13.1. The van der Waals surface area contributed by atoms with Crippen molar-refractivity contribution in [3.05, 3.63) is 27.7 Å². The van der Waals surface area contributed by atoms with Crippen LogP contribution in [-0.4, -0.2) is 46.8 Å². The van der Waals surface area contributed by atoms with Crippen molar-refractivity contribution in [3.63, 3.8) is 0 Å². The molecule has 0 unspecified atom stereocenters. The van der Waals surface area contributed by atoms with Gasteiger partial charge < -0.3 is 10.2 Å². The van der Waals surface area contributed by atoms with Gasteiger partial charge in [0.2, 0.25) is 0 Å². The molecule has 1 aromatic heterocycles. The van der Waals surface area contributed by atoms with E-state index in [4.69, 9.17) is 0 Å². The van der Waals surface area contributed by atoms with E-state index in [1.165, 1.54) is 4.68 Å². The molecule has 1 saturated heterocycles. The lowest BCUT2D eigenvalue weighted by Gasteiger charge is -2.27. The van der Waals surface area contributed by atoms with Gasteiger partial charge in [0.05, 0.1) is 5.69 Å². The number of hydrogen-bond donors (Lipinski definition) is 1. The maximum atomic E-state index is 12.6. The fourth-order valence-corrected chi connectivity index (χ4v) is 2.40. The molecule has 1 N–H and O–H groups in total. The number of hydrogen-bond acceptors (Lipinski definition) is 4. The van der Waals surface area contributed by atoms with E-state index >= 15 is 0 Å². The Bertz CT molecular complexity index is 559. The monoisotopic (exact) mass is 292 g/mol. The molecule has 0 radical (unpaired) electrons. The first-order chi connectivity index (χ1) is 10.0. The highest BCUT2D eigenvalue weighted by molar-refractivity contribution is 5.94. The van der Waals surface area contributed by atoms with Crippen LogP contribution in [-0.2, 0) is 6.54 Å². The van der Waals surface area contributed by atoms with Crippen molar-refractivity contribution in [1.82, 2.24) is 20.0 Å². The van der Waals surface area contributed by atoms with Crippen molar-refractivity contribution >= 4 is 5.91 Å². The number of aryl methyl sites for hydroxylation is 1. The summed E-state index contributed by atoms with van der Waals surface area (Å²) < 4.78 is 1.44. The molecule has 21 heavy (non-hydrogen) atoms. The van der Waals surface area contributed by atoms with Crippen LogP contribution in [0, 0.1) is 0 Å². The Morgan fingerprint density at radius 2 is 2.05 bits per heavy atom. The zero-order chi connectivity index (χ0) is 15.4. The molecule has 0 aliphatic carbocycles. The molecule has 2 rings (SSSR count). The van der Waals surface area contributed by atoms with Crippen molar-refractivity contribution in [3.8, 4) is 0 Å². The Hall–Kier alpha value is -1.69. The zero-order valence-corrected chi connectivity index (χ0v) is 13.1. The Morgan fingerprint density at radius 3 is 2.62 bits per heavy atom. The maximum absolute atomic E-state index is 12.6. The molecule has 0 atom stereocenters. The van der Waals surface area contributed by atoms with E-state index in [1.807, 2.05) is 20.8 Å². The normalized spacial score (nSPS) is 15.5. The largest absolute Gasteiger partial charge is 0.336 e. The summed E-state index contributed by atoms with van der Waals surface area (Å²) in [5, 5.41) is 7.58. The highest BCUT2D eigenvalue weighted by Crippen LogP contribution is 2.12. The number of rotatable bonds is 4. The molecule has 1 aliphatic rings. The van der Waals surface area contributed by atoms with Crippen LogP contribution in [0.1, 0.15) is 49.2 Å². The molecule has 2 heterocycles. The predicted molar refractivity (Wildman–Crippen MR) is 81.7 cm³/mol. The third-order valence-corrected chi connectivity index (χ3v) is 3.65.